The molecule has 3 aromatic rings. The van der Waals surface area contributed by atoms with Gasteiger partial charge in [0.2, 0.25) is 5.91 Å². The predicted molar refractivity (Wildman–Crippen MR) is 112 cm³/mol. The number of carbonyl (C=O) groups excluding carboxylic acids is 2. The van der Waals surface area contributed by atoms with E-state index in [0.29, 0.717) is 11.4 Å². The monoisotopic (exact) mass is 418 g/mol. The van der Waals surface area contributed by atoms with Gasteiger partial charge in [-0.15, -0.1) is 0 Å². The van der Waals surface area contributed by atoms with E-state index in [1.54, 1.807) is 12.2 Å². The van der Waals surface area contributed by atoms with E-state index in [2.05, 4.69) is 0 Å². The highest BCUT2D eigenvalue weighted by atomic mass is 19.1. The lowest BCUT2D eigenvalue weighted by molar-refractivity contribution is -0.126. The fourth-order valence-corrected chi connectivity index (χ4v) is 4.28. The third-order valence-corrected chi connectivity index (χ3v) is 5.67. The number of rotatable bonds is 4. The number of anilines is 2. The summed E-state index contributed by atoms with van der Waals surface area (Å²) in [7, 11) is 1.56. The van der Waals surface area contributed by atoms with Crippen LogP contribution in [0.3, 0.4) is 0 Å². The highest BCUT2D eigenvalue weighted by Crippen LogP contribution is 2.49. The highest BCUT2D eigenvalue weighted by Gasteiger charge is 2.60. The van der Waals surface area contributed by atoms with Crippen LogP contribution in [0.25, 0.3) is 0 Å². The second-order valence-corrected chi connectivity index (χ2v) is 7.39. The van der Waals surface area contributed by atoms with E-state index in [1.165, 1.54) is 24.3 Å². The van der Waals surface area contributed by atoms with Crippen LogP contribution in [0.1, 0.15) is 11.6 Å². The zero-order valence-corrected chi connectivity index (χ0v) is 16.6. The zero-order valence-electron chi connectivity index (χ0n) is 16.6. The average molecular weight is 418 g/mol. The maximum Gasteiger partial charge on any atom is 0.266 e. The van der Waals surface area contributed by atoms with Crippen LogP contribution < -0.4 is 14.7 Å². The molecule has 0 radical (unpaired) electrons. The van der Waals surface area contributed by atoms with E-state index >= 15 is 0 Å². The molecule has 31 heavy (non-hydrogen) atoms. The third-order valence-electron chi connectivity index (χ3n) is 5.67. The Labute approximate surface area is 178 Å². The number of hydroxylamine groups is 1. The van der Waals surface area contributed by atoms with Crippen molar-refractivity contribution >= 4 is 23.2 Å². The predicted octanol–water partition coefficient (Wildman–Crippen LogP) is 3.89. The van der Waals surface area contributed by atoms with Gasteiger partial charge >= 0.3 is 0 Å². The molecule has 0 aliphatic carbocycles. The maximum absolute atomic E-state index is 13.5. The Morgan fingerprint density at radius 2 is 1.52 bits per heavy atom. The van der Waals surface area contributed by atoms with E-state index in [0.717, 1.165) is 16.2 Å². The first kappa shape index (κ1) is 19.3. The van der Waals surface area contributed by atoms with Crippen molar-refractivity contribution in [3.05, 3.63) is 90.2 Å². The second-order valence-electron chi connectivity index (χ2n) is 7.39. The van der Waals surface area contributed by atoms with Crippen LogP contribution in [0.15, 0.2) is 78.9 Å². The van der Waals surface area contributed by atoms with Gasteiger partial charge in [-0.1, -0.05) is 36.4 Å². The van der Waals surface area contributed by atoms with Crippen molar-refractivity contribution in [2.24, 2.45) is 5.92 Å². The minimum absolute atomic E-state index is 0.319. The summed E-state index contributed by atoms with van der Waals surface area (Å²) in [6.07, 6.45) is -0.993. The summed E-state index contributed by atoms with van der Waals surface area (Å²) in [4.78, 5) is 33.9. The lowest BCUT2D eigenvalue weighted by Gasteiger charge is -2.29. The van der Waals surface area contributed by atoms with Gasteiger partial charge in [0.05, 0.1) is 24.5 Å². The van der Waals surface area contributed by atoms with Crippen molar-refractivity contribution in [1.29, 1.82) is 0 Å². The SMILES string of the molecule is COc1ccccc1C1C2C(=O)N(c3ccc(F)cc3)C(=O)C2ON1c1ccccc1. The minimum Gasteiger partial charge on any atom is -0.496 e. The van der Waals surface area contributed by atoms with Crippen LogP contribution in [0.4, 0.5) is 15.8 Å². The summed E-state index contributed by atoms with van der Waals surface area (Å²) in [6, 6.07) is 21.4. The standard InChI is InChI=1S/C24H19FN2O4/c1-30-19-10-6-5-9-18(19)21-20-22(31-27(21)17-7-3-2-4-8-17)24(29)26(23(20)28)16-13-11-15(25)12-14-16/h2-14,20-22H,1H3. The number of ether oxygens (including phenoxy) is 1. The molecular weight excluding hydrogens is 399 g/mol. The third kappa shape index (κ3) is 3.05. The van der Waals surface area contributed by atoms with E-state index in [-0.39, 0.29) is 0 Å². The fraction of sp³-hybridized carbons (Fsp3) is 0.167. The minimum atomic E-state index is -0.993. The Bertz CT molecular complexity index is 1140. The van der Waals surface area contributed by atoms with Gasteiger partial charge in [-0.25, -0.2) is 14.4 Å². The summed E-state index contributed by atoms with van der Waals surface area (Å²) < 4.78 is 18.9. The lowest BCUT2D eigenvalue weighted by atomic mass is 9.90. The highest BCUT2D eigenvalue weighted by molar-refractivity contribution is 6.23. The molecule has 2 heterocycles. The van der Waals surface area contributed by atoms with E-state index in [4.69, 9.17) is 9.57 Å². The van der Waals surface area contributed by atoms with Crippen molar-refractivity contribution in [3.8, 4) is 5.75 Å². The molecule has 0 spiro atoms. The number of nitrogens with zero attached hydrogens (tertiary/aromatic N) is 2. The Balaban J connectivity index is 1.61. The first-order valence-corrected chi connectivity index (χ1v) is 9.87. The van der Waals surface area contributed by atoms with E-state index < -0.39 is 35.7 Å². The smallest absolute Gasteiger partial charge is 0.266 e. The number of carbonyl (C=O) groups is 2. The number of amides is 2. The molecule has 2 amide bonds. The molecule has 2 aliphatic rings. The Hall–Kier alpha value is -3.71. The molecule has 0 bridgehead atoms. The van der Waals surface area contributed by atoms with Crippen molar-refractivity contribution in [1.82, 2.24) is 0 Å². The Kier molecular flexibility index (Phi) is 4.67. The molecule has 3 aromatic carbocycles. The fourth-order valence-electron chi connectivity index (χ4n) is 4.28. The molecule has 2 saturated heterocycles. The van der Waals surface area contributed by atoms with Crippen molar-refractivity contribution < 1.29 is 23.6 Å². The van der Waals surface area contributed by atoms with Crippen molar-refractivity contribution in [2.75, 3.05) is 17.1 Å². The molecule has 5 rings (SSSR count). The molecule has 6 nitrogen and oxygen atoms in total. The largest absolute Gasteiger partial charge is 0.496 e. The number of benzene rings is 3. The van der Waals surface area contributed by atoms with Gasteiger partial charge in [-0.3, -0.25) is 14.4 Å². The summed E-state index contributed by atoms with van der Waals surface area (Å²) in [5.41, 5.74) is 1.78. The molecule has 0 N–H and O–H groups in total. The van der Waals surface area contributed by atoms with Gasteiger partial charge in [0.15, 0.2) is 6.10 Å². The molecule has 7 heteroatoms. The first-order chi connectivity index (χ1) is 15.1. The van der Waals surface area contributed by atoms with Gasteiger partial charge in [-0.2, -0.15) is 0 Å². The van der Waals surface area contributed by atoms with Crippen LogP contribution in [0.5, 0.6) is 5.75 Å². The Morgan fingerprint density at radius 3 is 2.23 bits per heavy atom. The quantitative estimate of drug-likeness (QED) is 0.602. The molecule has 3 atom stereocenters. The first-order valence-electron chi connectivity index (χ1n) is 9.87. The maximum atomic E-state index is 13.5. The number of halogens is 1. The van der Waals surface area contributed by atoms with Gasteiger partial charge in [0.25, 0.3) is 5.91 Å². The van der Waals surface area contributed by atoms with Crippen LogP contribution in [0.2, 0.25) is 0 Å². The molecule has 2 fully saturated rings. The van der Waals surface area contributed by atoms with Crippen molar-refractivity contribution in [2.45, 2.75) is 12.1 Å². The molecule has 3 unspecified atom stereocenters. The number of imide groups is 1. The summed E-state index contributed by atoms with van der Waals surface area (Å²) in [6.45, 7) is 0. The Morgan fingerprint density at radius 1 is 0.839 bits per heavy atom. The van der Waals surface area contributed by atoms with Crippen LogP contribution in [0, 0.1) is 11.7 Å². The topological polar surface area (TPSA) is 59.1 Å². The summed E-state index contributed by atoms with van der Waals surface area (Å²) in [5.74, 6) is -1.50. The second kappa shape index (κ2) is 7.52. The molecule has 156 valence electrons. The van der Waals surface area contributed by atoms with Gasteiger partial charge in [0, 0.05) is 5.56 Å². The average Bonchev–Trinajstić information content (AvgIpc) is 3.31. The number of hydrogen-bond acceptors (Lipinski definition) is 5. The molecule has 2 aliphatic heterocycles. The summed E-state index contributed by atoms with van der Waals surface area (Å²) >= 11 is 0. The summed E-state index contributed by atoms with van der Waals surface area (Å²) in [5, 5.41) is 1.62. The molecular formula is C24H19FN2O4. The number of methoxy groups -OCH3 is 1. The lowest BCUT2D eigenvalue weighted by Crippen LogP contribution is -2.37. The van der Waals surface area contributed by atoms with Crippen LogP contribution in [-0.4, -0.2) is 25.0 Å². The van der Waals surface area contributed by atoms with E-state index in [1.807, 2.05) is 54.6 Å². The molecule has 0 aromatic heterocycles. The van der Waals surface area contributed by atoms with Crippen LogP contribution in [-0.2, 0) is 14.4 Å². The van der Waals surface area contributed by atoms with Gasteiger partial charge in [0.1, 0.15) is 17.5 Å². The van der Waals surface area contributed by atoms with Gasteiger partial charge < -0.3 is 4.74 Å². The number of hydrogen-bond donors (Lipinski definition) is 0. The zero-order chi connectivity index (χ0) is 21.5. The normalized spacial score (nSPS) is 22.7. The number of fused-ring (bicyclic) bond motifs is 1. The van der Waals surface area contributed by atoms with Crippen molar-refractivity contribution in [3.63, 3.8) is 0 Å². The van der Waals surface area contributed by atoms with Crippen LogP contribution >= 0.6 is 0 Å². The number of para-hydroxylation sites is 2. The van der Waals surface area contributed by atoms with E-state index in [9.17, 15) is 14.0 Å². The van der Waals surface area contributed by atoms with Gasteiger partial charge in [-0.05, 0) is 42.5 Å². The molecule has 0 saturated carbocycles.